The van der Waals surface area contributed by atoms with E-state index in [1.165, 1.54) is 11.1 Å². The van der Waals surface area contributed by atoms with Crippen molar-refractivity contribution in [3.63, 3.8) is 0 Å². The van der Waals surface area contributed by atoms with Crippen LogP contribution in [0.2, 0.25) is 0 Å². The van der Waals surface area contributed by atoms with Crippen molar-refractivity contribution >= 4 is 29.8 Å². The largest absolute Gasteiger partial charge is 0.458 e. The summed E-state index contributed by atoms with van der Waals surface area (Å²) in [4.78, 5) is 58.1. The molecule has 3 heterocycles. The Balaban J connectivity index is 1.18. The maximum absolute atomic E-state index is 14.2. The number of hydroxylamine groups is 2. The number of amides is 2. The fourth-order valence-electron chi connectivity index (χ4n) is 6.55. The smallest absolute Gasteiger partial charge is 0.422 e. The van der Waals surface area contributed by atoms with Crippen molar-refractivity contribution in [2.45, 2.75) is 56.1 Å². The number of rotatable bonds is 11. The molecule has 6 atom stereocenters. The number of halogens is 3. The van der Waals surface area contributed by atoms with Gasteiger partial charge in [0.25, 0.3) is 5.91 Å². The number of fused-ring (bicyclic) bond motifs is 4. The van der Waals surface area contributed by atoms with Gasteiger partial charge in [-0.15, -0.1) is 0 Å². The van der Waals surface area contributed by atoms with E-state index in [0.29, 0.717) is 22.3 Å². The van der Waals surface area contributed by atoms with Gasteiger partial charge in [-0.2, -0.15) is 18.2 Å². The minimum atomic E-state index is -4.63. The number of nitrogens with one attached hydrogen (secondary N) is 2. The summed E-state index contributed by atoms with van der Waals surface area (Å²) in [5.74, 6) is -2.63. The van der Waals surface area contributed by atoms with Crippen molar-refractivity contribution in [3.05, 3.63) is 76.9 Å². The van der Waals surface area contributed by atoms with Gasteiger partial charge in [0.05, 0.1) is 13.2 Å². The first kappa shape index (κ1) is 33.5. The highest BCUT2D eigenvalue weighted by Gasteiger charge is 2.74. The molecule has 0 unspecified atom stereocenters. The van der Waals surface area contributed by atoms with Crippen LogP contribution in [0.3, 0.4) is 0 Å². The van der Waals surface area contributed by atoms with Gasteiger partial charge < -0.3 is 34.7 Å². The topological polar surface area (TPSA) is 162 Å². The number of nitrogens with zero attached hydrogens (tertiary/aromatic N) is 1. The van der Waals surface area contributed by atoms with Crippen molar-refractivity contribution in [2.24, 2.45) is 5.41 Å². The molecule has 1 saturated carbocycles. The minimum absolute atomic E-state index is 0.0467. The molecule has 16 heteroatoms. The van der Waals surface area contributed by atoms with Crippen LogP contribution in [0.5, 0.6) is 0 Å². The zero-order valence-electron chi connectivity index (χ0n) is 25.3. The van der Waals surface area contributed by atoms with E-state index in [-0.39, 0.29) is 45.4 Å². The highest BCUT2D eigenvalue weighted by molar-refractivity contribution is 5.95. The van der Waals surface area contributed by atoms with E-state index in [4.69, 9.17) is 24.2 Å². The highest BCUT2D eigenvalue weighted by Crippen LogP contribution is 2.55. The number of aliphatic hydroxyl groups is 1. The Morgan fingerprint density at radius 3 is 2.58 bits per heavy atom. The Bertz CT molecular complexity index is 1590. The Labute approximate surface area is 271 Å². The molecule has 4 aliphatic rings. The fraction of sp³-hybridized carbons (Fsp3) is 0.438. The average Bonchev–Trinajstić information content (AvgIpc) is 3.69. The van der Waals surface area contributed by atoms with E-state index in [9.17, 15) is 32.3 Å². The third-order valence-electron chi connectivity index (χ3n) is 8.64. The van der Waals surface area contributed by atoms with Gasteiger partial charge >= 0.3 is 18.1 Å². The number of hydrogen-bond donors (Lipinski definition) is 3. The highest BCUT2D eigenvalue weighted by atomic mass is 19.4. The molecular weight excluding hydrogens is 643 g/mol. The molecule has 2 aromatic carbocycles. The summed E-state index contributed by atoms with van der Waals surface area (Å²) in [6, 6.07) is 12.1. The van der Waals surface area contributed by atoms with E-state index >= 15 is 0 Å². The van der Waals surface area contributed by atoms with Crippen LogP contribution in [0.25, 0.3) is 6.08 Å². The maximum atomic E-state index is 14.2. The van der Waals surface area contributed by atoms with Gasteiger partial charge in [0.2, 0.25) is 5.91 Å². The second kappa shape index (κ2) is 13.6. The van der Waals surface area contributed by atoms with Crippen molar-refractivity contribution < 1.29 is 61.2 Å². The van der Waals surface area contributed by atoms with Crippen LogP contribution < -0.4 is 10.6 Å². The zero-order chi connectivity index (χ0) is 34.1. The quantitative estimate of drug-likeness (QED) is 0.233. The third-order valence-corrected chi connectivity index (χ3v) is 8.64. The van der Waals surface area contributed by atoms with Crippen molar-refractivity contribution in [1.82, 2.24) is 15.7 Å². The van der Waals surface area contributed by atoms with Gasteiger partial charge in [-0.1, -0.05) is 36.4 Å². The van der Waals surface area contributed by atoms with Crippen molar-refractivity contribution in [2.75, 3.05) is 26.6 Å². The first-order valence-corrected chi connectivity index (χ1v) is 15.1. The number of alkyl halides is 3. The van der Waals surface area contributed by atoms with Crippen LogP contribution in [0.15, 0.2) is 54.6 Å². The molecule has 0 radical (unpaired) electrons. The van der Waals surface area contributed by atoms with Gasteiger partial charge in [0.15, 0.2) is 12.6 Å². The Morgan fingerprint density at radius 2 is 1.83 bits per heavy atom. The van der Waals surface area contributed by atoms with Crippen molar-refractivity contribution in [1.29, 1.82) is 0 Å². The molecule has 48 heavy (non-hydrogen) atoms. The SMILES string of the molecule is O=C(C=Cc1ccc(CN2O[C@@H]3[C@H]4OCO[C@H]4[C@H]4C[C@]3(C(=O)NCc3cccc(C(=O)NCCO)c3)[C@@H]2C(=O)O4)cc1)OCC(F)(F)F. The number of esters is 2. The molecule has 3 aliphatic heterocycles. The molecule has 3 N–H and O–H groups in total. The maximum Gasteiger partial charge on any atom is 0.422 e. The summed E-state index contributed by atoms with van der Waals surface area (Å²) in [6.07, 6.45) is -5.26. The van der Waals surface area contributed by atoms with E-state index in [0.717, 1.165) is 6.08 Å². The predicted molar refractivity (Wildman–Crippen MR) is 156 cm³/mol. The van der Waals surface area contributed by atoms with E-state index in [1.807, 2.05) is 0 Å². The lowest BCUT2D eigenvalue weighted by molar-refractivity contribution is -0.201. The molecular formula is C32H32F3N3O10. The van der Waals surface area contributed by atoms with E-state index in [1.54, 1.807) is 48.5 Å². The average molecular weight is 676 g/mol. The second-order valence-corrected chi connectivity index (χ2v) is 11.8. The molecule has 2 bridgehead atoms. The number of benzene rings is 2. The summed E-state index contributed by atoms with van der Waals surface area (Å²) in [5.41, 5.74) is 0.749. The van der Waals surface area contributed by atoms with Gasteiger partial charge in [-0.25, -0.2) is 4.79 Å². The van der Waals surface area contributed by atoms with Gasteiger partial charge in [0.1, 0.15) is 36.6 Å². The van der Waals surface area contributed by atoms with Crippen LogP contribution in [0.1, 0.15) is 33.5 Å². The molecule has 1 aliphatic carbocycles. The minimum Gasteiger partial charge on any atom is -0.458 e. The molecule has 4 fully saturated rings. The van der Waals surface area contributed by atoms with Crippen LogP contribution in [-0.2, 0) is 51.3 Å². The predicted octanol–water partition coefficient (Wildman–Crippen LogP) is 1.39. The first-order chi connectivity index (χ1) is 23.0. The normalized spacial score (nSPS) is 27.8. The summed E-state index contributed by atoms with van der Waals surface area (Å²) in [5, 5.41) is 15.9. The van der Waals surface area contributed by atoms with Crippen LogP contribution in [0.4, 0.5) is 13.2 Å². The standard InChI is InChI=1S/C32H32F3N3O10/c33-32(34,35)16-44-23(40)9-8-18-4-6-19(7-5-18)15-38-26-29(42)47-22-13-31(26,27(48-38)25-24(22)45-17-46-25)30(43)37-14-20-2-1-3-21(12-20)28(41)36-10-11-39/h1-9,12,22,24-27,39H,10-11,13-17H2,(H,36,41)(H,37,43)/t22-,24+,25+,26+,27-,31+/m1/s1. The van der Waals surface area contributed by atoms with E-state index < -0.39 is 66.5 Å². The lowest BCUT2D eigenvalue weighted by Crippen LogP contribution is -2.69. The van der Waals surface area contributed by atoms with Crippen LogP contribution >= 0.6 is 0 Å². The Morgan fingerprint density at radius 1 is 1.06 bits per heavy atom. The third kappa shape index (κ3) is 6.79. The summed E-state index contributed by atoms with van der Waals surface area (Å²) in [6.45, 7) is -1.76. The monoisotopic (exact) mass is 675 g/mol. The van der Waals surface area contributed by atoms with Crippen LogP contribution in [0, 0.1) is 5.41 Å². The van der Waals surface area contributed by atoms with Gasteiger partial charge in [0, 0.05) is 31.1 Å². The molecule has 6 rings (SSSR count). The van der Waals surface area contributed by atoms with Gasteiger partial charge in [-0.05, 0) is 34.9 Å². The summed E-state index contributed by atoms with van der Waals surface area (Å²) >= 11 is 0. The molecule has 2 amide bonds. The Kier molecular flexibility index (Phi) is 9.53. The van der Waals surface area contributed by atoms with Crippen molar-refractivity contribution in [3.8, 4) is 0 Å². The number of ether oxygens (including phenoxy) is 4. The fourth-order valence-corrected chi connectivity index (χ4v) is 6.55. The first-order valence-electron chi connectivity index (χ1n) is 15.1. The van der Waals surface area contributed by atoms with Gasteiger partial charge in [-0.3, -0.25) is 19.2 Å². The zero-order valence-corrected chi connectivity index (χ0v) is 25.3. The molecule has 13 nitrogen and oxygen atoms in total. The molecule has 0 aromatic heterocycles. The summed E-state index contributed by atoms with van der Waals surface area (Å²) < 4.78 is 58.3. The van der Waals surface area contributed by atoms with E-state index in [2.05, 4.69) is 15.4 Å². The number of carbonyl (C=O) groups is 4. The molecule has 0 spiro atoms. The Hall–Kier alpha value is -4.35. The number of hydrogen-bond acceptors (Lipinski definition) is 11. The lowest BCUT2D eigenvalue weighted by atomic mass is 9.62. The number of carbonyl (C=O) groups excluding carboxylic acids is 4. The molecule has 3 saturated heterocycles. The molecule has 2 aromatic rings. The molecule has 256 valence electrons. The lowest BCUT2D eigenvalue weighted by Gasteiger charge is -2.48. The summed E-state index contributed by atoms with van der Waals surface area (Å²) in [7, 11) is 0. The second-order valence-electron chi connectivity index (χ2n) is 11.8. The van der Waals surface area contributed by atoms with Crippen LogP contribution in [-0.4, -0.2) is 97.1 Å². The number of aliphatic hydroxyl groups excluding tert-OH is 1.